The second-order valence-corrected chi connectivity index (χ2v) is 3.04. The number of carbonyl (C=O) groups is 1. The van der Waals surface area contributed by atoms with Crippen molar-refractivity contribution in [1.29, 1.82) is 0 Å². The Labute approximate surface area is 114 Å². The molecule has 0 aromatic rings. The zero-order valence-electron chi connectivity index (χ0n) is 5.83. The molecule has 0 atom stereocenters. The third kappa shape index (κ3) is 2.88. The Morgan fingerprint density at radius 3 is 2.50 bits per heavy atom. The predicted octanol–water partition coefficient (Wildman–Crippen LogP) is -2.17. The molecular formula is C5H7KNOS2+. The normalized spacial score (nSPS) is 16.9. The van der Waals surface area contributed by atoms with Gasteiger partial charge in [0, 0.05) is 13.0 Å². The van der Waals surface area contributed by atoms with E-state index in [2.05, 4.69) is 12.6 Å². The van der Waals surface area contributed by atoms with Crippen LogP contribution in [0.15, 0.2) is 0 Å². The van der Waals surface area contributed by atoms with Crippen molar-refractivity contribution in [3.05, 3.63) is 0 Å². The maximum Gasteiger partial charge on any atom is 1.00 e. The first kappa shape index (κ1) is 11.5. The number of hydrogen-bond donors (Lipinski definition) is 1. The van der Waals surface area contributed by atoms with Gasteiger partial charge in [-0.1, -0.05) is 12.2 Å². The van der Waals surface area contributed by atoms with Gasteiger partial charge in [-0.25, -0.2) is 0 Å². The first-order chi connectivity index (χ1) is 4.22. The summed E-state index contributed by atoms with van der Waals surface area (Å²) < 4.78 is 0.400. The maximum absolute atomic E-state index is 10.8. The van der Waals surface area contributed by atoms with E-state index in [1.54, 1.807) is 0 Å². The van der Waals surface area contributed by atoms with Gasteiger partial charge in [0.1, 0.15) is 4.32 Å². The molecule has 0 bridgehead atoms. The fourth-order valence-corrected chi connectivity index (χ4v) is 1.26. The molecule has 0 aliphatic carbocycles. The summed E-state index contributed by atoms with van der Waals surface area (Å²) in [5.74, 6) is 0.106. The molecule has 0 saturated carbocycles. The van der Waals surface area contributed by atoms with Crippen molar-refractivity contribution in [2.75, 3.05) is 6.54 Å². The number of nitrogens with zero attached hydrogens (tertiary/aromatic N) is 1. The van der Waals surface area contributed by atoms with E-state index in [0.717, 1.165) is 13.0 Å². The van der Waals surface area contributed by atoms with Gasteiger partial charge in [-0.15, -0.1) is 12.6 Å². The van der Waals surface area contributed by atoms with E-state index in [4.69, 9.17) is 12.2 Å². The van der Waals surface area contributed by atoms with Crippen molar-refractivity contribution in [2.24, 2.45) is 0 Å². The number of likely N-dealkylation sites (tertiary alicyclic amines) is 1. The molecule has 50 valence electrons. The minimum atomic E-state index is 0. The number of hydrogen-bond acceptors (Lipinski definition) is 2. The average Bonchev–Trinajstić information content (AvgIpc) is 2.13. The van der Waals surface area contributed by atoms with Crippen LogP contribution >= 0.6 is 24.8 Å². The Kier molecular flexibility index (Phi) is 6.05. The third-order valence-corrected chi connectivity index (χ3v) is 1.77. The molecule has 5 heteroatoms. The van der Waals surface area contributed by atoms with Crippen LogP contribution in [0.3, 0.4) is 0 Å². The molecule has 1 fully saturated rings. The Morgan fingerprint density at radius 1 is 1.70 bits per heavy atom. The summed E-state index contributed by atoms with van der Waals surface area (Å²) in [5.41, 5.74) is 0. The van der Waals surface area contributed by atoms with Crippen molar-refractivity contribution < 1.29 is 56.2 Å². The zero-order chi connectivity index (χ0) is 6.85. The first-order valence-electron chi connectivity index (χ1n) is 2.75. The van der Waals surface area contributed by atoms with Crippen molar-refractivity contribution in [2.45, 2.75) is 12.8 Å². The fourth-order valence-electron chi connectivity index (χ4n) is 0.850. The Balaban J connectivity index is 0.000000810. The summed E-state index contributed by atoms with van der Waals surface area (Å²) in [4.78, 5) is 12.3. The largest absolute Gasteiger partial charge is 1.00 e. The minimum Gasteiger partial charge on any atom is -0.298 e. The van der Waals surface area contributed by atoms with Crippen LogP contribution in [0.25, 0.3) is 0 Å². The van der Waals surface area contributed by atoms with E-state index >= 15 is 0 Å². The van der Waals surface area contributed by atoms with Gasteiger partial charge in [0.15, 0.2) is 0 Å². The van der Waals surface area contributed by atoms with Gasteiger partial charge in [0.05, 0.1) is 0 Å². The molecule has 2 nitrogen and oxygen atoms in total. The molecule has 0 N–H and O–H groups in total. The minimum absolute atomic E-state index is 0. The summed E-state index contributed by atoms with van der Waals surface area (Å²) in [6.45, 7) is 0.751. The van der Waals surface area contributed by atoms with Gasteiger partial charge < -0.3 is 0 Å². The molecule has 1 amide bonds. The monoisotopic (exact) mass is 200 g/mol. The van der Waals surface area contributed by atoms with Crippen LogP contribution in [0, 0.1) is 0 Å². The summed E-state index contributed by atoms with van der Waals surface area (Å²) in [5, 5.41) is 0. The van der Waals surface area contributed by atoms with E-state index in [9.17, 15) is 4.79 Å². The number of thiol groups is 1. The number of thiocarbonyl (C=S) groups is 1. The van der Waals surface area contributed by atoms with E-state index in [0.29, 0.717) is 10.7 Å². The number of amides is 1. The van der Waals surface area contributed by atoms with E-state index < -0.39 is 0 Å². The van der Waals surface area contributed by atoms with Gasteiger partial charge >= 0.3 is 51.4 Å². The van der Waals surface area contributed by atoms with Gasteiger partial charge in [-0.05, 0) is 6.42 Å². The van der Waals surface area contributed by atoms with Crippen LogP contribution in [-0.4, -0.2) is 21.7 Å². The molecule has 1 aliphatic heterocycles. The van der Waals surface area contributed by atoms with E-state index in [1.807, 2.05) is 0 Å². The van der Waals surface area contributed by atoms with E-state index in [1.165, 1.54) is 4.90 Å². The molecule has 0 radical (unpaired) electrons. The SMILES string of the molecule is O=C1CCCN1C(=S)S.[K+]. The smallest absolute Gasteiger partial charge is 0.298 e. The van der Waals surface area contributed by atoms with Crippen LogP contribution in [0.2, 0.25) is 0 Å². The number of carbonyl (C=O) groups excluding carboxylic acids is 1. The fraction of sp³-hybridized carbons (Fsp3) is 0.600. The van der Waals surface area contributed by atoms with Crippen molar-refractivity contribution in [1.82, 2.24) is 4.90 Å². The molecule has 0 spiro atoms. The first-order valence-corrected chi connectivity index (χ1v) is 3.60. The topological polar surface area (TPSA) is 20.3 Å². The van der Waals surface area contributed by atoms with Crippen LogP contribution in [-0.2, 0) is 4.79 Å². The van der Waals surface area contributed by atoms with E-state index in [-0.39, 0.29) is 57.3 Å². The predicted molar refractivity (Wildman–Crippen MR) is 42.5 cm³/mol. The number of rotatable bonds is 0. The second-order valence-electron chi connectivity index (χ2n) is 1.93. The van der Waals surface area contributed by atoms with Crippen LogP contribution in [0.4, 0.5) is 0 Å². The average molecular weight is 200 g/mol. The molecule has 0 aromatic heterocycles. The van der Waals surface area contributed by atoms with Gasteiger partial charge in [-0.2, -0.15) is 0 Å². The molecule has 0 unspecified atom stereocenters. The molecule has 1 aliphatic rings. The summed E-state index contributed by atoms with van der Waals surface area (Å²) in [7, 11) is 0. The zero-order valence-corrected chi connectivity index (χ0v) is 10.7. The van der Waals surface area contributed by atoms with Crippen LogP contribution in [0.5, 0.6) is 0 Å². The summed E-state index contributed by atoms with van der Waals surface area (Å²) >= 11 is 8.59. The summed E-state index contributed by atoms with van der Waals surface area (Å²) in [6.07, 6.45) is 1.54. The Bertz CT molecular complexity index is 162. The second kappa shape index (κ2) is 5.24. The van der Waals surface area contributed by atoms with Gasteiger partial charge in [0.2, 0.25) is 5.91 Å². The third-order valence-electron chi connectivity index (χ3n) is 1.30. The molecule has 1 heterocycles. The molecule has 1 rings (SSSR count). The molecule has 1 saturated heterocycles. The Morgan fingerprint density at radius 2 is 2.30 bits per heavy atom. The van der Waals surface area contributed by atoms with Crippen LogP contribution < -0.4 is 51.4 Å². The molecule has 0 aromatic carbocycles. The van der Waals surface area contributed by atoms with Crippen molar-refractivity contribution in [3.8, 4) is 0 Å². The van der Waals surface area contributed by atoms with Crippen molar-refractivity contribution in [3.63, 3.8) is 0 Å². The van der Waals surface area contributed by atoms with Crippen molar-refractivity contribution >= 4 is 35.1 Å². The molecule has 10 heavy (non-hydrogen) atoms. The van der Waals surface area contributed by atoms with Crippen LogP contribution in [0.1, 0.15) is 12.8 Å². The van der Waals surface area contributed by atoms with Gasteiger partial charge in [-0.3, -0.25) is 9.69 Å². The van der Waals surface area contributed by atoms with Gasteiger partial charge in [0.25, 0.3) is 0 Å². The maximum atomic E-state index is 10.8. The quantitative estimate of drug-likeness (QED) is 0.273. The summed E-state index contributed by atoms with van der Waals surface area (Å²) in [6, 6.07) is 0. The molecular weight excluding hydrogens is 193 g/mol. The standard InChI is InChI=1S/C5H7NOS2.K/c7-4-2-1-3-6(4)5(8)9;/h1-3H2,(H,8,9);/q;+1. The Hall–Kier alpha value is 1.55.